The third-order valence-corrected chi connectivity index (χ3v) is 3.94. The number of hydrogen-bond donors (Lipinski definition) is 1. The number of hydrogen-bond acceptors (Lipinski definition) is 4. The zero-order valence-electron chi connectivity index (χ0n) is 10.3. The first-order valence-corrected chi connectivity index (χ1v) is 6.40. The minimum atomic E-state index is -1.13. The average molecular weight is 297 g/mol. The molecule has 1 saturated carbocycles. The van der Waals surface area contributed by atoms with Crippen molar-refractivity contribution < 1.29 is 14.3 Å². The first-order chi connectivity index (χ1) is 9.54. The Balaban J connectivity index is 2.13. The van der Waals surface area contributed by atoms with Crippen molar-refractivity contribution in [3.05, 3.63) is 29.0 Å². The summed E-state index contributed by atoms with van der Waals surface area (Å²) in [4.78, 5) is 11.5. The van der Waals surface area contributed by atoms with Gasteiger partial charge in [0.05, 0.1) is 5.02 Å². The van der Waals surface area contributed by atoms with E-state index in [0.29, 0.717) is 18.4 Å². The Morgan fingerprint density at radius 2 is 2.20 bits per heavy atom. The van der Waals surface area contributed by atoms with Crippen LogP contribution in [0.15, 0.2) is 18.2 Å². The van der Waals surface area contributed by atoms with Crippen LogP contribution in [0.3, 0.4) is 0 Å². The van der Waals surface area contributed by atoms with E-state index in [1.165, 1.54) is 16.8 Å². The molecule has 0 aliphatic heterocycles. The van der Waals surface area contributed by atoms with E-state index in [9.17, 15) is 14.3 Å². The molecule has 1 aliphatic rings. The van der Waals surface area contributed by atoms with Crippen molar-refractivity contribution >= 4 is 17.6 Å². The number of nitrogens with zero attached hydrogens (tertiary/aromatic N) is 4. The Hall–Kier alpha value is -2.02. The summed E-state index contributed by atoms with van der Waals surface area (Å²) in [5.41, 5.74) is -0.720. The van der Waals surface area contributed by atoms with Gasteiger partial charge in [0.2, 0.25) is 0 Å². The lowest BCUT2D eigenvalue weighted by atomic mass is 9.76. The van der Waals surface area contributed by atoms with Crippen molar-refractivity contribution in [3.63, 3.8) is 0 Å². The fourth-order valence-electron chi connectivity index (χ4n) is 2.34. The largest absolute Gasteiger partial charge is 0.479 e. The fraction of sp³-hybridized carbons (Fsp3) is 0.333. The maximum Gasteiger partial charge on any atom is 0.331 e. The molecular formula is C12H10ClFN4O2. The van der Waals surface area contributed by atoms with E-state index in [-0.39, 0.29) is 10.8 Å². The lowest BCUT2D eigenvalue weighted by molar-refractivity contribution is -0.153. The Kier molecular flexibility index (Phi) is 2.93. The van der Waals surface area contributed by atoms with Crippen LogP contribution in [0.25, 0.3) is 11.4 Å². The zero-order chi connectivity index (χ0) is 14.3. The molecule has 1 N–H and O–H groups in total. The number of aliphatic carboxylic acids is 1. The normalized spacial score (nSPS) is 16.7. The molecule has 0 spiro atoms. The van der Waals surface area contributed by atoms with Crippen molar-refractivity contribution in [2.75, 3.05) is 0 Å². The lowest BCUT2D eigenvalue weighted by Crippen LogP contribution is -2.48. The summed E-state index contributed by atoms with van der Waals surface area (Å²) >= 11 is 5.99. The first kappa shape index (κ1) is 13.0. The zero-order valence-corrected chi connectivity index (χ0v) is 11.0. The van der Waals surface area contributed by atoms with E-state index in [2.05, 4.69) is 15.5 Å². The lowest BCUT2D eigenvalue weighted by Gasteiger charge is -2.37. The van der Waals surface area contributed by atoms with Gasteiger partial charge in [0.15, 0.2) is 11.4 Å². The van der Waals surface area contributed by atoms with E-state index in [0.717, 1.165) is 12.5 Å². The Morgan fingerprint density at radius 3 is 2.75 bits per heavy atom. The fourth-order valence-corrected chi connectivity index (χ4v) is 2.59. The molecule has 1 aromatic heterocycles. The second-order valence-corrected chi connectivity index (χ2v) is 5.14. The smallest absolute Gasteiger partial charge is 0.331 e. The van der Waals surface area contributed by atoms with Crippen LogP contribution in [0, 0.1) is 5.82 Å². The molecule has 0 atom stereocenters. The van der Waals surface area contributed by atoms with Gasteiger partial charge >= 0.3 is 5.97 Å². The molecule has 2 aromatic rings. The molecule has 0 bridgehead atoms. The Bertz CT molecular complexity index is 684. The highest BCUT2D eigenvalue weighted by atomic mass is 35.5. The van der Waals surface area contributed by atoms with Crippen LogP contribution < -0.4 is 0 Å². The molecule has 8 heteroatoms. The molecule has 104 valence electrons. The van der Waals surface area contributed by atoms with E-state index < -0.39 is 17.3 Å². The Morgan fingerprint density at radius 1 is 1.45 bits per heavy atom. The molecule has 1 aromatic carbocycles. The standard InChI is InChI=1S/C12H10ClFN4O2/c13-9-6-7(14)2-3-8(9)10-15-16-17-18(10)12(11(19)20)4-1-5-12/h2-3,6H,1,4-5H2,(H,19,20). The summed E-state index contributed by atoms with van der Waals surface area (Å²) in [5.74, 6) is -1.22. The third-order valence-electron chi connectivity index (χ3n) is 3.63. The molecule has 0 radical (unpaired) electrons. The molecule has 20 heavy (non-hydrogen) atoms. The van der Waals surface area contributed by atoms with Crippen molar-refractivity contribution in [3.8, 4) is 11.4 Å². The molecule has 3 rings (SSSR count). The number of benzene rings is 1. The minimum absolute atomic E-state index is 0.140. The highest BCUT2D eigenvalue weighted by molar-refractivity contribution is 6.33. The molecule has 0 unspecified atom stereocenters. The predicted octanol–water partition coefficient (Wildman–Crippen LogP) is 2.10. The monoisotopic (exact) mass is 296 g/mol. The second kappa shape index (κ2) is 4.52. The SMILES string of the molecule is O=C(O)C1(n2nnnc2-c2ccc(F)cc2Cl)CCC1. The molecule has 6 nitrogen and oxygen atoms in total. The van der Waals surface area contributed by atoms with Crippen LogP contribution in [0.4, 0.5) is 4.39 Å². The van der Waals surface area contributed by atoms with Crippen LogP contribution in [0.2, 0.25) is 5.02 Å². The molecular weight excluding hydrogens is 287 g/mol. The van der Waals surface area contributed by atoms with Crippen LogP contribution in [0.1, 0.15) is 19.3 Å². The van der Waals surface area contributed by atoms with Crippen LogP contribution in [-0.4, -0.2) is 31.3 Å². The maximum absolute atomic E-state index is 13.1. The van der Waals surface area contributed by atoms with Crippen molar-refractivity contribution in [2.24, 2.45) is 0 Å². The highest BCUT2D eigenvalue weighted by Crippen LogP contribution is 2.41. The van der Waals surface area contributed by atoms with Crippen LogP contribution in [0.5, 0.6) is 0 Å². The second-order valence-electron chi connectivity index (χ2n) is 4.73. The van der Waals surface area contributed by atoms with Gasteiger partial charge in [-0.2, -0.15) is 0 Å². The molecule has 0 saturated heterocycles. The van der Waals surface area contributed by atoms with Gasteiger partial charge in [-0.05, 0) is 47.9 Å². The molecule has 1 fully saturated rings. The van der Waals surface area contributed by atoms with Crippen molar-refractivity contribution in [1.82, 2.24) is 20.2 Å². The highest BCUT2D eigenvalue weighted by Gasteiger charge is 2.49. The molecule has 1 heterocycles. The minimum Gasteiger partial charge on any atom is -0.479 e. The van der Waals surface area contributed by atoms with Gasteiger partial charge in [-0.25, -0.2) is 13.9 Å². The number of rotatable bonds is 3. The number of carbonyl (C=O) groups is 1. The first-order valence-electron chi connectivity index (χ1n) is 6.02. The number of carboxylic acids is 1. The average Bonchev–Trinajstić information content (AvgIpc) is 2.76. The summed E-state index contributed by atoms with van der Waals surface area (Å²) in [7, 11) is 0. The molecule has 0 amide bonds. The van der Waals surface area contributed by atoms with Gasteiger partial charge in [-0.3, -0.25) is 0 Å². The van der Waals surface area contributed by atoms with Gasteiger partial charge in [0.25, 0.3) is 0 Å². The number of aromatic nitrogens is 4. The van der Waals surface area contributed by atoms with E-state index >= 15 is 0 Å². The maximum atomic E-state index is 13.1. The summed E-state index contributed by atoms with van der Waals surface area (Å²) < 4.78 is 14.4. The van der Waals surface area contributed by atoms with E-state index in [1.54, 1.807) is 0 Å². The predicted molar refractivity (Wildman–Crippen MR) is 67.7 cm³/mol. The summed E-state index contributed by atoms with van der Waals surface area (Å²) in [6, 6.07) is 3.81. The van der Waals surface area contributed by atoms with Crippen LogP contribution >= 0.6 is 11.6 Å². The number of carboxylic acid groups (broad SMARTS) is 1. The number of tetrazole rings is 1. The summed E-state index contributed by atoms with van der Waals surface area (Å²) in [6.07, 6.45) is 1.71. The van der Waals surface area contributed by atoms with Gasteiger partial charge in [0.1, 0.15) is 5.82 Å². The van der Waals surface area contributed by atoms with E-state index in [1.807, 2.05) is 0 Å². The van der Waals surface area contributed by atoms with Crippen molar-refractivity contribution in [1.29, 1.82) is 0 Å². The van der Waals surface area contributed by atoms with Gasteiger partial charge in [-0.15, -0.1) is 5.10 Å². The van der Waals surface area contributed by atoms with Gasteiger partial charge < -0.3 is 5.11 Å². The number of halogens is 2. The van der Waals surface area contributed by atoms with Crippen LogP contribution in [-0.2, 0) is 10.3 Å². The quantitative estimate of drug-likeness (QED) is 0.938. The molecule has 1 aliphatic carbocycles. The summed E-state index contributed by atoms with van der Waals surface area (Å²) in [5, 5.41) is 20.7. The van der Waals surface area contributed by atoms with Gasteiger partial charge in [0, 0.05) is 5.56 Å². The third kappa shape index (κ3) is 1.77. The Labute approximate surface area is 118 Å². The van der Waals surface area contributed by atoms with E-state index in [4.69, 9.17) is 11.6 Å². The van der Waals surface area contributed by atoms with Gasteiger partial charge in [-0.1, -0.05) is 11.6 Å². The van der Waals surface area contributed by atoms with Crippen molar-refractivity contribution in [2.45, 2.75) is 24.8 Å². The summed E-state index contributed by atoms with van der Waals surface area (Å²) in [6.45, 7) is 0. The topological polar surface area (TPSA) is 80.9 Å².